The minimum atomic E-state index is -0.960. The Bertz CT molecular complexity index is 1090. The molecular weight excluding hydrogens is 517 g/mol. The van der Waals surface area contributed by atoms with Gasteiger partial charge in [0.25, 0.3) is 0 Å². The molecule has 37 heavy (non-hydrogen) atoms. The SMILES string of the molecule is CC[C@H](C)C(NC(=O)OC(C)(C)C)C(=O)N[C@@H](Cc1ccc(Cl)c(Cl)c1)C(=O)NCc1ccc(N)nc1. The summed E-state index contributed by atoms with van der Waals surface area (Å²) < 4.78 is 5.33. The summed E-state index contributed by atoms with van der Waals surface area (Å²) in [7, 11) is 0. The number of nitrogen functional groups attached to an aromatic ring is 1. The maximum atomic E-state index is 13.4. The standard InChI is InChI=1S/C26H35Cl2N5O4/c1-6-15(2)22(33-25(36)37-26(3,4)5)24(35)32-20(12-16-7-9-18(27)19(28)11-16)23(34)31-14-17-8-10-21(29)30-13-17/h7-11,13,15,20,22H,6,12,14H2,1-5H3,(H2,29,30)(H,31,34)(H,32,35)(H,33,36)/t15-,20-,22?/m0/s1. The molecule has 3 amide bonds. The lowest BCUT2D eigenvalue weighted by molar-refractivity contribution is -0.130. The van der Waals surface area contributed by atoms with Crippen LogP contribution in [0.4, 0.5) is 10.6 Å². The highest BCUT2D eigenvalue weighted by Gasteiger charge is 2.31. The van der Waals surface area contributed by atoms with E-state index in [0.29, 0.717) is 27.8 Å². The van der Waals surface area contributed by atoms with E-state index in [0.717, 1.165) is 5.56 Å². The van der Waals surface area contributed by atoms with Crippen molar-refractivity contribution in [1.82, 2.24) is 20.9 Å². The molecular formula is C26H35Cl2N5O4. The largest absolute Gasteiger partial charge is 0.444 e. The van der Waals surface area contributed by atoms with E-state index in [-0.39, 0.29) is 18.9 Å². The molecule has 1 aromatic heterocycles. The van der Waals surface area contributed by atoms with Gasteiger partial charge in [0.15, 0.2) is 0 Å². The van der Waals surface area contributed by atoms with Crippen LogP contribution >= 0.6 is 23.2 Å². The van der Waals surface area contributed by atoms with Crippen molar-refractivity contribution in [3.8, 4) is 0 Å². The van der Waals surface area contributed by atoms with Crippen LogP contribution in [0.3, 0.4) is 0 Å². The second-order valence-electron chi connectivity index (χ2n) is 9.83. The van der Waals surface area contributed by atoms with E-state index in [4.69, 9.17) is 33.7 Å². The zero-order valence-electron chi connectivity index (χ0n) is 21.7. The second kappa shape index (κ2) is 13.5. The minimum Gasteiger partial charge on any atom is -0.444 e. The number of hydrogen-bond donors (Lipinski definition) is 4. The number of ether oxygens (including phenoxy) is 1. The molecule has 0 saturated carbocycles. The maximum absolute atomic E-state index is 13.4. The Morgan fingerprint density at radius 2 is 1.70 bits per heavy atom. The van der Waals surface area contributed by atoms with Gasteiger partial charge in [0.1, 0.15) is 23.5 Å². The highest BCUT2D eigenvalue weighted by Crippen LogP contribution is 2.23. The Morgan fingerprint density at radius 1 is 1.03 bits per heavy atom. The summed E-state index contributed by atoms with van der Waals surface area (Å²) in [4.78, 5) is 43.0. The van der Waals surface area contributed by atoms with Gasteiger partial charge in [-0.3, -0.25) is 9.59 Å². The van der Waals surface area contributed by atoms with Gasteiger partial charge in [0, 0.05) is 19.2 Å². The van der Waals surface area contributed by atoms with Crippen LogP contribution < -0.4 is 21.7 Å². The highest BCUT2D eigenvalue weighted by molar-refractivity contribution is 6.42. The first-order chi connectivity index (χ1) is 17.3. The van der Waals surface area contributed by atoms with E-state index < -0.39 is 35.6 Å². The molecule has 0 bridgehead atoms. The molecule has 0 radical (unpaired) electrons. The summed E-state index contributed by atoms with van der Waals surface area (Å²) in [6.07, 6.45) is 1.61. The van der Waals surface area contributed by atoms with Gasteiger partial charge in [-0.1, -0.05) is 55.6 Å². The first-order valence-electron chi connectivity index (χ1n) is 12.0. The van der Waals surface area contributed by atoms with Crippen LogP contribution in [0.2, 0.25) is 10.0 Å². The Kier molecular flexibility index (Phi) is 11.0. The summed E-state index contributed by atoms with van der Waals surface area (Å²) in [5.74, 6) is -0.776. The van der Waals surface area contributed by atoms with Gasteiger partial charge in [-0.15, -0.1) is 0 Å². The molecule has 2 aromatic rings. The van der Waals surface area contributed by atoms with Crippen molar-refractivity contribution in [2.24, 2.45) is 5.92 Å². The monoisotopic (exact) mass is 551 g/mol. The lowest BCUT2D eigenvalue weighted by Crippen LogP contribution is -2.56. The molecule has 0 saturated heterocycles. The van der Waals surface area contributed by atoms with E-state index >= 15 is 0 Å². The van der Waals surface area contributed by atoms with Crippen LogP contribution in [0.5, 0.6) is 0 Å². The van der Waals surface area contributed by atoms with Crippen LogP contribution in [0, 0.1) is 5.92 Å². The Hall–Kier alpha value is -3.04. The van der Waals surface area contributed by atoms with Crippen molar-refractivity contribution in [3.05, 3.63) is 57.7 Å². The zero-order chi connectivity index (χ0) is 27.8. The molecule has 202 valence electrons. The summed E-state index contributed by atoms with van der Waals surface area (Å²) in [5, 5.41) is 8.98. The fourth-order valence-electron chi connectivity index (χ4n) is 3.36. The highest BCUT2D eigenvalue weighted by atomic mass is 35.5. The number of nitrogens with one attached hydrogen (secondary N) is 3. The molecule has 3 atom stereocenters. The number of amides is 3. The summed E-state index contributed by atoms with van der Waals surface area (Å²) in [5.41, 5.74) is 6.33. The number of carbonyl (C=O) groups is 3. The molecule has 1 aromatic carbocycles. The van der Waals surface area contributed by atoms with E-state index in [1.807, 2.05) is 13.8 Å². The van der Waals surface area contributed by atoms with Gasteiger partial charge < -0.3 is 26.4 Å². The van der Waals surface area contributed by atoms with Crippen molar-refractivity contribution in [1.29, 1.82) is 0 Å². The van der Waals surface area contributed by atoms with Gasteiger partial charge in [-0.2, -0.15) is 0 Å². The van der Waals surface area contributed by atoms with E-state index in [1.54, 1.807) is 57.3 Å². The van der Waals surface area contributed by atoms with Gasteiger partial charge in [-0.05, 0) is 56.0 Å². The number of halogens is 2. The molecule has 2 rings (SSSR count). The number of rotatable bonds is 10. The quantitative estimate of drug-likeness (QED) is 0.348. The molecule has 1 unspecified atom stereocenters. The maximum Gasteiger partial charge on any atom is 0.408 e. The molecule has 1 heterocycles. The van der Waals surface area contributed by atoms with Crippen LogP contribution in [-0.4, -0.2) is 40.6 Å². The van der Waals surface area contributed by atoms with Gasteiger partial charge in [-0.25, -0.2) is 9.78 Å². The number of carbonyl (C=O) groups excluding carboxylic acids is 3. The fourth-order valence-corrected chi connectivity index (χ4v) is 3.68. The van der Waals surface area contributed by atoms with Crippen molar-refractivity contribution in [3.63, 3.8) is 0 Å². The van der Waals surface area contributed by atoms with Gasteiger partial charge in [0.05, 0.1) is 10.0 Å². The number of alkyl carbamates (subject to hydrolysis) is 1. The smallest absolute Gasteiger partial charge is 0.408 e. The lowest BCUT2D eigenvalue weighted by Gasteiger charge is -2.28. The van der Waals surface area contributed by atoms with Crippen LogP contribution in [0.25, 0.3) is 0 Å². The number of hydrogen-bond acceptors (Lipinski definition) is 6. The lowest BCUT2D eigenvalue weighted by atomic mass is 9.97. The Balaban J connectivity index is 2.23. The van der Waals surface area contributed by atoms with E-state index in [9.17, 15) is 14.4 Å². The molecule has 0 spiro atoms. The third kappa shape index (κ3) is 10.1. The van der Waals surface area contributed by atoms with Crippen molar-refractivity contribution in [2.45, 2.75) is 71.7 Å². The van der Waals surface area contributed by atoms with Crippen LogP contribution in [0.15, 0.2) is 36.5 Å². The third-order valence-electron chi connectivity index (χ3n) is 5.54. The van der Waals surface area contributed by atoms with E-state index in [1.165, 1.54) is 0 Å². The number of nitrogens with zero attached hydrogens (tertiary/aromatic N) is 1. The van der Waals surface area contributed by atoms with Crippen molar-refractivity contribution < 1.29 is 19.1 Å². The molecule has 0 fully saturated rings. The normalized spacial score (nSPS) is 13.7. The van der Waals surface area contributed by atoms with Gasteiger partial charge >= 0.3 is 6.09 Å². The number of pyridine rings is 1. The molecule has 11 heteroatoms. The summed E-state index contributed by atoms with van der Waals surface area (Å²) >= 11 is 12.2. The van der Waals surface area contributed by atoms with Gasteiger partial charge in [0.2, 0.25) is 11.8 Å². The number of benzene rings is 1. The first-order valence-corrected chi connectivity index (χ1v) is 12.8. The molecule has 0 aliphatic heterocycles. The topological polar surface area (TPSA) is 135 Å². The predicted molar refractivity (Wildman–Crippen MR) is 145 cm³/mol. The molecule has 9 nitrogen and oxygen atoms in total. The molecule has 5 N–H and O–H groups in total. The fraction of sp³-hybridized carbons (Fsp3) is 0.462. The third-order valence-corrected chi connectivity index (χ3v) is 6.28. The summed E-state index contributed by atoms with van der Waals surface area (Å²) in [6, 6.07) is 6.51. The summed E-state index contributed by atoms with van der Waals surface area (Å²) in [6.45, 7) is 9.13. The average Bonchev–Trinajstić information content (AvgIpc) is 2.82. The predicted octanol–water partition coefficient (Wildman–Crippen LogP) is 4.25. The Morgan fingerprint density at radius 3 is 2.27 bits per heavy atom. The number of anilines is 1. The Labute approximate surface area is 227 Å². The molecule has 0 aliphatic carbocycles. The van der Waals surface area contributed by atoms with Crippen LogP contribution in [-0.2, 0) is 27.3 Å². The average molecular weight is 553 g/mol. The van der Waals surface area contributed by atoms with Crippen molar-refractivity contribution >= 4 is 46.9 Å². The molecule has 0 aliphatic rings. The first kappa shape index (κ1) is 30.2. The zero-order valence-corrected chi connectivity index (χ0v) is 23.2. The number of aromatic nitrogens is 1. The van der Waals surface area contributed by atoms with Crippen molar-refractivity contribution in [2.75, 3.05) is 5.73 Å². The van der Waals surface area contributed by atoms with Crippen LogP contribution in [0.1, 0.15) is 52.2 Å². The van der Waals surface area contributed by atoms with E-state index in [2.05, 4.69) is 20.9 Å². The minimum absolute atomic E-state index is 0.147. The number of nitrogens with two attached hydrogens (primary N) is 1. The second-order valence-corrected chi connectivity index (χ2v) is 10.6.